The Morgan fingerprint density at radius 3 is 2.61 bits per heavy atom. The topological polar surface area (TPSA) is 61.0 Å². The quantitative estimate of drug-likeness (QED) is 0.771. The summed E-state index contributed by atoms with van der Waals surface area (Å²) in [7, 11) is 0. The first-order valence-electron chi connectivity index (χ1n) is 7.46. The van der Waals surface area contributed by atoms with Crippen molar-refractivity contribution in [2.24, 2.45) is 11.7 Å². The highest BCUT2D eigenvalue weighted by Crippen LogP contribution is 2.29. The van der Waals surface area contributed by atoms with Crippen molar-refractivity contribution in [1.29, 1.82) is 0 Å². The molecule has 2 heterocycles. The fourth-order valence-electron chi connectivity index (χ4n) is 2.48. The molecule has 0 spiro atoms. The number of rotatable bonds is 6. The van der Waals surface area contributed by atoms with Gasteiger partial charge in [0.25, 0.3) is 0 Å². The Labute approximate surface area is 147 Å². The van der Waals surface area contributed by atoms with Crippen LogP contribution in [0.15, 0.2) is 30.6 Å². The van der Waals surface area contributed by atoms with Crippen LogP contribution in [-0.2, 0) is 0 Å². The fourth-order valence-corrected chi connectivity index (χ4v) is 2.86. The summed E-state index contributed by atoms with van der Waals surface area (Å²) in [6.07, 6.45) is 4.10. The molecular weight excluding hydrogens is 333 g/mol. The maximum absolute atomic E-state index is 6.30. The van der Waals surface area contributed by atoms with Crippen molar-refractivity contribution in [3.8, 4) is 17.0 Å². The molecule has 2 N–H and O–H groups in total. The van der Waals surface area contributed by atoms with E-state index in [1.54, 1.807) is 24.5 Å². The lowest BCUT2D eigenvalue weighted by Gasteiger charge is -2.26. The molecule has 4 nitrogen and oxygen atoms in total. The minimum Gasteiger partial charge on any atom is -0.488 e. The van der Waals surface area contributed by atoms with E-state index in [-0.39, 0.29) is 0 Å². The lowest BCUT2D eigenvalue weighted by atomic mass is 9.93. The second-order valence-electron chi connectivity index (χ2n) is 6.41. The predicted octanol–water partition coefficient (Wildman–Crippen LogP) is 4.59. The van der Waals surface area contributed by atoms with Crippen molar-refractivity contribution in [1.82, 2.24) is 9.97 Å². The van der Waals surface area contributed by atoms with Crippen LogP contribution in [0.1, 0.15) is 27.2 Å². The van der Waals surface area contributed by atoms with Gasteiger partial charge in [-0.2, -0.15) is 0 Å². The number of hydrogen-bond acceptors (Lipinski definition) is 4. The molecule has 23 heavy (non-hydrogen) atoms. The number of nitrogens with zero attached hydrogens (tertiary/aromatic N) is 2. The molecule has 0 aromatic carbocycles. The van der Waals surface area contributed by atoms with Crippen LogP contribution in [0, 0.1) is 5.92 Å². The summed E-state index contributed by atoms with van der Waals surface area (Å²) in [5.74, 6) is 1.03. The Morgan fingerprint density at radius 2 is 2.00 bits per heavy atom. The summed E-state index contributed by atoms with van der Waals surface area (Å²) in [5, 5.41) is 0.900. The van der Waals surface area contributed by atoms with Crippen molar-refractivity contribution in [2.45, 2.75) is 32.7 Å². The van der Waals surface area contributed by atoms with Crippen molar-refractivity contribution in [2.75, 3.05) is 6.61 Å². The molecule has 2 rings (SSSR count). The molecule has 2 aromatic heterocycles. The monoisotopic (exact) mass is 353 g/mol. The number of pyridine rings is 2. The molecule has 0 aliphatic carbocycles. The van der Waals surface area contributed by atoms with Gasteiger partial charge in [0.2, 0.25) is 0 Å². The summed E-state index contributed by atoms with van der Waals surface area (Å²) in [4.78, 5) is 8.33. The molecule has 0 aliphatic heterocycles. The predicted molar refractivity (Wildman–Crippen MR) is 95.0 cm³/mol. The van der Waals surface area contributed by atoms with Gasteiger partial charge in [-0.15, -0.1) is 0 Å². The summed E-state index contributed by atoms with van der Waals surface area (Å²) < 4.78 is 5.76. The Morgan fingerprint density at radius 1 is 1.26 bits per heavy atom. The molecule has 1 atom stereocenters. The van der Waals surface area contributed by atoms with E-state index in [0.29, 0.717) is 34.1 Å². The highest BCUT2D eigenvalue weighted by Gasteiger charge is 2.21. The summed E-state index contributed by atoms with van der Waals surface area (Å²) in [5.41, 5.74) is 7.40. The second kappa shape index (κ2) is 7.47. The first-order chi connectivity index (χ1) is 10.8. The maximum atomic E-state index is 6.30. The van der Waals surface area contributed by atoms with Gasteiger partial charge in [-0.05, 0) is 37.5 Å². The minimum atomic E-state index is -0.408. The molecule has 0 saturated heterocycles. The molecule has 0 bridgehead atoms. The number of nitrogens with two attached hydrogens (primary N) is 1. The van der Waals surface area contributed by atoms with Gasteiger partial charge < -0.3 is 10.5 Å². The zero-order valence-electron chi connectivity index (χ0n) is 13.5. The van der Waals surface area contributed by atoms with Crippen molar-refractivity contribution in [3.63, 3.8) is 0 Å². The van der Waals surface area contributed by atoms with E-state index in [1.165, 1.54) is 0 Å². The third-order valence-corrected chi connectivity index (χ3v) is 3.78. The van der Waals surface area contributed by atoms with Gasteiger partial charge >= 0.3 is 0 Å². The average molecular weight is 354 g/mol. The molecule has 0 aliphatic rings. The lowest BCUT2D eigenvalue weighted by molar-refractivity contribution is 0.206. The van der Waals surface area contributed by atoms with E-state index in [9.17, 15) is 0 Å². The van der Waals surface area contributed by atoms with Gasteiger partial charge in [0.15, 0.2) is 5.75 Å². The average Bonchev–Trinajstić information content (AvgIpc) is 2.44. The molecule has 1 unspecified atom stereocenters. The van der Waals surface area contributed by atoms with Gasteiger partial charge in [0.05, 0.1) is 16.9 Å². The van der Waals surface area contributed by atoms with Crippen molar-refractivity contribution < 1.29 is 4.74 Å². The van der Waals surface area contributed by atoms with E-state index in [2.05, 4.69) is 23.8 Å². The lowest BCUT2D eigenvalue weighted by Crippen LogP contribution is -2.43. The van der Waals surface area contributed by atoms with E-state index in [4.69, 9.17) is 33.7 Å². The third-order valence-electron chi connectivity index (χ3n) is 3.27. The van der Waals surface area contributed by atoms with Crippen LogP contribution in [0.25, 0.3) is 11.3 Å². The zero-order chi connectivity index (χ0) is 17.0. The second-order valence-corrected chi connectivity index (χ2v) is 7.20. The molecule has 0 fully saturated rings. The highest BCUT2D eigenvalue weighted by molar-refractivity contribution is 6.32. The van der Waals surface area contributed by atoms with Crippen LogP contribution in [-0.4, -0.2) is 22.1 Å². The van der Waals surface area contributed by atoms with Crippen molar-refractivity contribution >= 4 is 23.2 Å². The summed E-state index contributed by atoms with van der Waals surface area (Å²) in [6, 6.07) is 5.31. The molecule has 0 radical (unpaired) electrons. The SMILES string of the molecule is CC(C)CC(C)(N)COc1cnc(-c2ccnc(Cl)c2)cc1Cl. The highest BCUT2D eigenvalue weighted by atomic mass is 35.5. The maximum Gasteiger partial charge on any atom is 0.156 e. The summed E-state index contributed by atoms with van der Waals surface area (Å²) in [6.45, 7) is 6.62. The molecule has 0 saturated carbocycles. The molecule has 6 heteroatoms. The molecule has 0 amide bonds. The largest absolute Gasteiger partial charge is 0.488 e. The number of aromatic nitrogens is 2. The minimum absolute atomic E-state index is 0.382. The summed E-state index contributed by atoms with van der Waals surface area (Å²) >= 11 is 12.2. The van der Waals surface area contributed by atoms with E-state index >= 15 is 0 Å². The Hall–Kier alpha value is -1.36. The fraction of sp³-hybridized carbons (Fsp3) is 0.412. The van der Waals surface area contributed by atoms with Crippen LogP contribution in [0.3, 0.4) is 0 Å². The van der Waals surface area contributed by atoms with E-state index < -0.39 is 5.54 Å². The number of hydrogen-bond donors (Lipinski definition) is 1. The zero-order valence-corrected chi connectivity index (χ0v) is 15.0. The van der Waals surface area contributed by atoms with Crippen LogP contribution in [0.2, 0.25) is 10.2 Å². The van der Waals surface area contributed by atoms with Crippen LogP contribution in [0.4, 0.5) is 0 Å². The third kappa shape index (κ3) is 5.34. The van der Waals surface area contributed by atoms with Gasteiger partial charge in [0.1, 0.15) is 11.8 Å². The van der Waals surface area contributed by atoms with Gasteiger partial charge in [-0.3, -0.25) is 4.98 Å². The molecular formula is C17H21Cl2N3O. The molecule has 124 valence electrons. The van der Waals surface area contributed by atoms with Crippen LogP contribution < -0.4 is 10.5 Å². The van der Waals surface area contributed by atoms with Gasteiger partial charge in [0, 0.05) is 17.3 Å². The smallest absolute Gasteiger partial charge is 0.156 e. The van der Waals surface area contributed by atoms with Gasteiger partial charge in [-0.1, -0.05) is 37.0 Å². The normalized spacial score (nSPS) is 13.9. The Kier molecular flexibility index (Phi) is 5.84. The first-order valence-corrected chi connectivity index (χ1v) is 8.21. The van der Waals surface area contributed by atoms with E-state index in [1.807, 2.05) is 13.0 Å². The van der Waals surface area contributed by atoms with Gasteiger partial charge in [-0.25, -0.2) is 4.98 Å². The van der Waals surface area contributed by atoms with Crippen molar-refractivity contribution in [3.05, 3.63) is 40.8 Å². The Bertz CT molecular complexity index is 675. The number of ether oxygens (including phenoxy) is 1. The number of halogens is 2. The van der Waals surface area contributed by atoms with Crippen LogP contribution in [0.5, 0.6) is 5.75 Å². The Balaban J connectivity index is 2.11. The first kappa shape index (κ1) is 18.0. The standard InChI is InChI=1S/C17H21Cl2N3O/c1-11(2)8-17(3,20)10-23-15-9-22-14(7-13(15)18)12-4-5-21-16(19)6-12/h4-7,9,11H,8,10,20H2,1-3H3. The van der Waals surface area contributed by atoms with E-state index in [0.717, 1.165) is 12.0 Å². The molecule has 2 aromatic rings. The van der Waals surface area contributed by atoms with Crippen LogP contribution >= 0.6 is 23.2 Å².